The summed E-state index contributed by atoms with van der Waals surface area (Å²) in [5, 5.41) is 3.63. The summed E-state index contributed by atoms with van der Waals surface area (Å²) < 4.78 is 11.5. The molecule has 1 unspecified atom stereocenters. The molecule has 0 aliphatic rings. The number of fused-ring (bicyclic) bond motifs is 1. The van der Waals surface area contributed by atoms with Crippen LogP contribution in [0, 0.1) is 0 Å². The lowest BCUT2D eigenvalue weighted by molar-refractivity contribution is 0.106. The first-order chi connectivity index (χ1) is 15.7. The maximum Gasteiger partial charge on any atom is 0.408 e. The zero-order valence-corrected chi connectivity index (χ0v) is 21.2. The Morgan fingerprint density at radius 3 is 2.39 bits per heavy atom. The highest BCUT2D eigenvalue weighted by Crippen LogP contribution is 2.33. The fraction of sp³-hybridized carbons (Fsp3) is 0.385. The van der Waals surface area contributed by atoms with E-state index in [0.717, 1.165) is 29.7 Å². The van der Waals surface area contributed by atoms with Crippen molar-refractivity contribution in [1.29, 1.82) is 0 Å². The predicted molar refractivity (Wildman–Crippen MR) is 137 cm³/mol. The van der Waals surface area contributed by atoms with Gasteiger partial charge in [0.25, 0.3) is 0 Å². The molecule has 1 amide bonds. The summed E-state index contributed by atoms with van der Waals surface area (Å²) in [6.07, 6.45) is -1.03. The summed E-state index contributed by atoms with van der Waals surface area (Å²) in [4.78, 5) is 27.4. The third kappa shape index (κ3) is 6.71. The Morgan fingerprint density at radius 2 is 1.76 bits per heavy atom. The van der Waals surface area contributed by atoms with Gasteiger partial charge < -0.3 is 19.4 Å². The van der Waals surface area contributed by atoms with Crippen LogP contribution >= 0.6 is 0 Å². The van der Waals surface area contributed by atoms with E-state index in [4.69, 9.17) is 9.15 Å². The molecule has 0 saturated carbocycles. The molecule has 176 valence electrons. The van der Waals surface area contributed by atoms with E-state index in [2.05, 4.69) is 43.7 Å². The number of amides is 1. The second kappa shape index (κ2) is 10.7. The molecule has 3 rings (SSSR count). The number of carbonyl (C=O) groups excluding carboxylic acids is 1. The average molecular weight is 467 g/mol. The molecule has 0 aliphatic carbocycles. The lowest BCUT2D eigenvalue weighted by atomic mass is 10.0. The Labute approximate surface area is 196 Å². The van der Waals surface area contributed by atoms with Crippen LogP contribution in [0.15, 0.2) is 63.8 Å². The molecular formula is C26H34N2O4Si. The van der Waals surface area contributed by atoms with Crippen LogP contribution in [0.25, 0.3) is 11.0 Å². The number of alkyl carbamates (subject to hydrolysis) is 1. The molecule has 0 spiro atoms. The molecule has 2 aromatic carbocycles. The minimum atomic E-state index is -1.65. The van der Waals surface area contributed by atoms with E-state index in [1.165, 1.54) is 6.07 Å². The van der Waals surface area contributed by atoms with Crippen molar-refractivity contribution >= 4 is 30.8 Å². The number of hydrogen-bond acceptors (Lipinski definition) is 5. The van der Waals surface area contributed by atoms with Crippen LogP contribution in [0.5, 0.6) is 0 Å². The highest BCUT2D eigenvalue weighted by molar-refractivity contribution is 6.76. The predicted octanol–water partition coefficient (Wildman–Crippen LogP) is 5.94. The third-order valence-electron chi connectivity index (χ3n) is 5.56. The molecule has 0 saturated heterocycles. The van der Waals surface area contributed by atoms with Gasteiger partial charge in [-0.2, -0.15) is 0 Å². The SMILES string of the molecule is CCN(CC)c1ccc2c(C(C[Si](C)(C)C)OC(=O)NCc3ccccc3)cc(=O)oc2c1. The van der Waals surface area contributed by atoms with Crippen LogP contribution in [0.3, 0.4) is 0 Å². The summed E-state index contributed by atoms with van der Waals surface area (Å²) >= 11 is 0. The van der Waals surface area contributed by atoms with E-state index >= 15 is 0 Å². The van der Waals surface area contributed by atoms with E-state index in [0.29, 0.717) is 23.7 Å². The lowest BCUT2D eigenvalue weighted by Crippen LogP contribution is -2.30. The van der Waals surface area contributed by atoms with Gasteiger partial charge in [-0.1, -0.05) is 50.0 Å². The molecule has 1 aromatic heterocycles. The molecular weight excluding hydrogens is 432 g/mol. The maximum atomic E-state index is 12.7. The Hall–Kier alpha value is -3.06. The summed E-state index contributed by atoms with van der Waals surface area (Å²) in [5.41, 5.74) is 2.76. The topological polar surface area (TPSA) is 71.8 Å². The first-order valence-electron chi connectivity index (χ1n) is 11.5. The van der Waals surface area contributed by atoms with Crippen molar-refractivity contribution < 1.29 is 13.9 Å². The monoisotopic (exact) mass is 466 g/mol. The summed E-state index contributed by atoms with van der Waals surface area (Å²) in [7, 11) is -1.65. The van der Waals surface area contributed by atoms with Crippen LogP contribution in [-0.4, -0.2) is 27.3 Å². The third-order valence-corrected chi connectivity index (χ3v) is 7.16. The van der Waals surface area contributed by atoms with E-state index in [9.17, 15) is 9.59 Å². The Balaban J connectivity index is 1.93. The fourth-order valence-corrected chi connectivity index (χ4v) is 5.36. The molecule has 3 aromatic rings. The number of hydrogen-bond donors (Lipinski definition) is 1. The average Bonchev–Trinajstić information content (AvgIpc) is 2.77. The molecule has 0 fully saturated rings. The molecule has 1 heterocycles. The standard InChI is InChI=1S/C26H34N2O4Si/c1-6-28(7-2)20-13-14-21-22(16-25(29)31-23(21)15-20)24(18-33(3,4)5)32-26(30)27-17-19-11-9-8-10-12-19/h8-16,24H,6-7,17-18H2,1-5H3,(H,27,30). The Morgan fingerprint density at radius 1 is 1.06 bits per heavy atom. The van der Waals surface area contributed by atoms with Gasteiger partial charge in [0.1, 0.15) is 11.7 Å². The zero-order valence-electron chi connectivity index (χ0n) is 20.2. The quantitative estimate of drug-likeness (QED) is 0.312. The summed E-state index contributed by atoms with van der Waals surface area (Å²) in [6, 6.07) is 17.7. The molecule has 1 N–H and O–H groups in total. The van der Waals surface area contributed by atoms with Crippen molar-refractivity contribution in [2.24, 2.45) is 0 Å². The van der Waals surface area contributed by atoms with Crippen molar-refractivity contribution in [3.05, 3.63) is 76.1 Å². The van der Waals surface area contributed by atoms with Gasteiger partial charge in [0, 0.05) is 56.5 Å². The molecule has 1 atom stereocenters. The molecule has 0 bridgehead atoms. The van der Waals surface area contributed by atoms with Gasteiger partial charge in [-0.3, -0.25) is 0 Å². The van der Waals surface area contributed by atoms with Crippen molar-refractivity contribution in [2.45, 2.75) is 52.2 Å². The smallest absolute Gasteiger partial charge is 0.408 e. The van der Waals surface area contributed by atoms with Gasteiger partial charge in [-0.15, -0.1) is 0 Å². The van der Waals surface area contributed by atoms with Crippen LogP contribution < -0.4 is 15.8 Å². The largest absolute Gasteiger partial charge is 0.442 e. The van der Waals surface area contributed by atoms with Crippen molar-refractivity contribution in [3.8, 4) is 0 Å². The number of nitrogens with one attached hydrogen (secondary N) is 1. The fourth-order valence-electron chi connectivity index (χ4n) is 3.94. The van der Waals surface area contributed by atoms with Crippen molar-refractivity contribution in [3.63, 3.8) is 0 Å². The van der Waals surface area contributed by atoms with Gasteiger partial charge in [0.2, 0.25) is 0 Å². The maximum absolute atomic E-state index is 12.7. The first-order valence-corrected chi connectivity index (χ1v) is 15.2. The van der Waals surface area contributed by atoms with Crippen LogP contribution in [0.4, 0.5) is 10.5 Å². The Kier molecular flexibility index (Phi) is 7.97. The molecule has 0 radical (unpaired) electrons. The molecule has 7 heteroatoms. The Bertz CT molecular complexity index is 1130. The van der Waals surface area contributed by atoms with Gasteiger partial charge in [0.15, 0.2) is 0 Å². The van der Waals surface area contributed by atoms with Gasteiger partial charge in [-0.25, -0.2) is 9.59 Å². The van der Waals surface area contributed by atoms with Crippen LogP contribution in [0.2, 0.25) is 25.7 Å². The van der Waals surface area contributed by atoms with Crippen LogP contribution in [-0.2, 0) is 11.3 Å². The molecule has 6 nitrogen and oxygen atoms in total. The second-order valence-corrected chi connectivity index (χ2v) is 14.9. The highest BCUT2D eigenvalue weighted by atomic mass is 28.3. The van der Waals surface area contributed by atoms with Crippen molar-refractivity contribution in [1.82, 2.24) is 5.32 Å². The second-order valence-electron chi connectivity index (χ2n) is 9.37. The minimum absolute atomic E-state index is 0.379. The number of nitrogens with zero attached hydrogens (tertiary/aromatic N) is 1. The summed E-state index contributed by atoms with van der Waals surface area (Å²) in [5.74, 6) is 0. The number of ether oxygens (including phenoxy) is 1. The summed E-state index contributed by atoms with van der Waals surface area (Å²) in [6.45, 7) is 12.9. The van der Waals surface area contributed by atoms with E-state index in [1.54, 1.807) is 0 Å². The molecule has 33 heavy (non-hydrogen) atoms. The van der Waals surface area contributed by atoms with Crippen LogP contribution in [0.1, 0.15) is 31.1 Å². The number of carbonyl (C=O) groups is 1. The normalized spacial score (nSPS) is 12.4. The van der Waals surface area contributed by atoms with Gasteiger partial charge in [0.05, 0.1) is 0 Å². The number of benzene rings is 2. The zero-order chi connectivity index (χ0) is 24.0. The van der Waals surface area contributed by atoms with Crippen molar-refractivity contribution in [2.75, 3.05) is 18.0 Å². The molecule has 0 aliphatic heterocycles. The van der Waals surface area contributed by atoms with Gasteiger partial charge >= 0.3 is 11.7 Å². The van der Waals surface area contributed by atoms with E-state index in [-0.39, 0.29) is 0 Å². The number of anilines is 1. The minimum Gasteiger partial charge on any atom is -0.442 e. The van der Waals surface area contributed by atoms with E-state index < -0.39 is 25.9 Å². The first kappa shape index (κ1) is 24.6. The van der Waals surface area contributed by atoms with E-state index in [1.807, 2.05) is 48.5 Å². The lowest BCUT2D eigenvalue weighted by Gasteiger charge is -2.26. The highest BCUT2D eigenvalue weighted by Gasteiger charge is 2.27. The van der Waals surface area contributed by atoms with Gasteiger partial charge in [-0.05, 0) is 37.6 Å². The number of rotatable bonds is 9.